The maximum atomic E-state index is 13.0. The Hall–Kier alpha value is -1.47. The summed E-state index contributed by atoms with van der Waals surface area (Å²) in [6.07, 6.45) is 0.811. The van der Waals surface area contributed by atoms with Crippen LogP contribution in [0.15, 0.2) is 12.1 Å². The molecule has 0 bridgehead atoms. The zero-order valence-corrected chi connectivity index (χ0v) is 8.36. The molecule has 0 unspecified atom stereocenters. The minimum absolute atomic E-state index is 0.316. The van der Waals surface area contributed by atoms with Gasteiger partial charge in [0.05, 0.1) is 20.8 Å². The fraction of sp³-hybridized carbons (Fsp3) is 0.200. The molecule has 4 heteroatoms. The van der Waals surface area contributed by atoms with Crippen LogP contribution in [0.1, 0.15) is 17.5 Å². The molecule has 1 aromatic heterocycles. The molecule has 0 fully saturated rings. The number of thiazole rings is 1. The van der Waals surface area contributed by atoms with Gasteiger partial charge < -0.3 is 0 Å². The summed E-state index contributed by atoms with van der Waals surface area (Å²) in [5, 5.41) is 9.72. The fourth-order valence-electron chi connectivity index (χ4n) is 1.28. The summed E-state index contributed by atoms with van der Waals surface area (Å²) in [6.45, 7) is 1.99. The number of nitriles is 1. The Morgan fingerprint density at radius 1 is 1.57 bits per heavy atom. The molecule has 2 rings (SSSR count). The molecule has 0 radical (unpaired) electrons. The van der Waals surface area contributed by atoms with Crippen LogP contribution in [-0.4, -0.2) is 4.98 Å². The topological polar surface area (TPSA) is 36.7 Å². The molecule has 0 aliphatic heterocycles. The minimum Gasteiger partial charge on any atom is -0.240 e. The van der Waals surface area contributed by atoms with Crippen LogP contribution in [0.3, 0.4) is 0 Å². The molecule has 0 saturated heterocycles. The van der Waals surface area contributed by atoms with E-state index in [9.17, 15) is 4.39 Å². The first-order valence-corrected chi connectivity index (χ1v) is 5.05. The normalized spacial score (nSPS) is 10.4. The largest absolute Gasteiger partial charge is 0.240 e. The number of aromatic nitrogens is 1. The Balaban J connectivity index is 2.79. The molecule has 0 spiro atoms. The van der Waals surface area contributed by atoms with Crippen molar-refractivity contribution in [3.63, 3.8) is 0 Å². The molecule has 0 atom stereocenters. The highest BCUT2D eigenvalue weighted by Crippen LogP contribution is 2.26. The molecule has 14 heavy (non-hydrogen) atoms. The molecular weight excluding hydrogens is 199 g/mol. The van der Waals surface area contributed by atoms with Crippen LogP contribution in [0.25, 0.3) is 10.2 Å². The summed E-state index contributed by atoms with van der Waals surface area (Å²) in [4.78, 5) is 4.27. The van der Waals surface area contributed by atoms with Crippen LogP contribution in [-0.2, 0) is 6.42 Å². The fourth-order valence-corrected chi connectivity index (χ4v) is 2.24. The van der Waals surface area contributed by atoms with Crippen molar-refractivity contribution in [1.82, 2.24) is 4.98 Å². The highest BCUT2D eigenvalue weighted by molar-refractivity contribution is 7.18. The summed E-state index contributed by atoms with van der Waals surface area (Å²) in [5.74, 6) is -0.375. The third-order valence-electron chi connectivity index (χ3n) is 1.93. The highest BCUT2D eigenvalue weighted by Gasteiger charge is 2.08. The van der Waals surface area contributed by atoms with Gasteiger partial charge in [-0.2, -0.15) is 5.26 Å². The lowest BCUT2D eigenvalue weighted by Gasteiger charge is -1.91. The molecule has 2 aromatic rings. The van der Waals surface area contributed by atoms with Gasteiger partial charge in [0.15, 0.2) is 0 Å². The van der Waals surface area contributed by atoms with E-state index in [0.717, 1.165) is 16.1 Å². The second-order valence-electron chi connectivity index (χ2n) is 2.87. The highest BCUT2D eigenvalue weighted by atomic mass is 32.1. The first kappa shape index (κ1) is 9.10. The lowest BCUT2D eigenvalue weighted by molar-refractivity contribution is 0.629. The Bertz CT molecular complexity index is 525. The van der Waals surface area contributed by atoms with Gasteiger partial charge in [-0.1, -0.05) is 6.92 Å². The number of aryl methyl sites for hydroxylation is 1. The van der Waals surface area contributed by atoms with Crippen LogP contribution in [0.2, 0.25) is 0 Å². The van der Waals surface area contributed by atoms with E-state index < -0.39 is 0 Å². The summed E-state index contributed by atoms with van der Waals surface area (Å²) in [6, 6.07) is 4.60. The van der Waals surface area contributed by atoms with Crippen molar-refractivity contribution in [3.05, 3.63) is 28.5 Å². The van der Waals surface area contributed by atoms with E-state index in [1.54, 1.807) is 0 Å². The van der Waals surface area contributed by atoms with Crippen LogP contribution >= 0.6 is 11.3 Å². The Kier molecular flexibility index (Phi) is 2.18. The van der Waals surface area contributed by atoms with Crippen LogP contribution in [0.5, 0.6) is 0 Å². The first-order chi connectivity index (χ1) is 6.74. The van der Waals surface area contributed by atoms with Gasteiger partial charge in [-0.25, -0.2) is 9.37 Å². The average molecular weight is 206 g/mol. The smallest absolute Gasteiger partial charge is 0.126 e. The number of nitrogens with zero attached hydrogens (tertiary/aromatic N) is 2. The molecule has 70 valence electrons. The summed E-state index contributed by atoms with van der Waals surface area (Å²) >= 11 is 1.44. The van der Waals surface area contributed by atoms with Gasteiger partial charge >= 0.3 is 0 Å². The minimum atomic E-state index is -0.375. The van der Waals surface area contributed by atoms with Gasteiger partial charge in [0.2, 0.25) is 0 Å². The zero-order valence-electron chi connectivity index (χ0n) is 7.54. The molecule has 2 nitrogen and oxygen atoms in total. The number of halogens is 1. The molecular formula is C10H7FN2S. The third kappa shape index (κ3) is 1.36. The predicted octanol–water partition coefficient (Wildman–Crippen LogP) is 2.87. The van der Waals surface area contributed by atoms with Crippen LogP contribution in [0, 0.1) is 17.1 Å². The Morgan fingerprint density at radius 3 is 3.00 bits per heavy atom. The van der Waals surface area contributed by atoms with E-state index in [4.69, 9.17) is 5.26 Å². The van der Waals surface area contributed by atoms with Gasteiger partial charge in [-0.05, 0) is 18.6 Å². The summed E-state index contributed by atoms with van der Waals surface area (Å²) in [7, 11) is 0. The first-order valence-electron chi connectivity index (χ1n) is 4.23. The van der Waals surface area contributed by atoms with Crippen molar-refractivity contribution in [2.24, 2.45) is 0 Å². The number of rotatable bonds is 1. The van der Waals surface area contributed by atoms with E-state index in [1.807, 2.05) is 13.0 Å². The van der Waals surface area contributed by atoms with E-state index in [0.29, 0.717) is 11.1 Å². The van der Waals surface area contributed by atoms with E-state index in [2.05, 4.69) is 4.98 Å². The second kappa shape index (κ2) is 3.35. The average Bonchev–Trinajstić information content (AvgIpc) is 2.59. The van der Waals surface area contributed by atoms with Gasteiger partial charge in [0, 0.05) is 0 Å². The summed E-state index contributed by atoms with van der Waals surface area (Å²) < 4.78 is 13.8. The Labute approximate surface area is 84.6 Å². The van der Waals surface area contributed by atoms with Gasteiger partial charge in [0.1, 0.15) is 11.9 Å². The zero-order chi connectivity index (χ0) is 10.1. The van der Waals surface area contributed by atoms with E-state index in [-0.39, 0.29) is 5.82 Å². The van der Waals surface area contributed by atoms with Crippen molar-refractivity contribution in [3.8, 4) is 6.07 Å². The van der Waals surface area contributed by atoms with Crippen molar-refractivity contribution in [1.29, 1.82) is 5.26 Å². The maximum Gasteiger partial charge on any atom is 0.126 e. The maximum absolute atomic E-state index is 13.0. The van der Waals surface area contributed by atoms with Crippen LogP contribution in [0.4, 0.5) is 4.39 Å². The lowest BCUT2D eigenvalue weighted by Crippen LogP contribution is -1.82. The van der Waals surface area contributed by atoms with Gasteiger partial charge in [-0.15, -0.1) is 11.3 Å². The Morgan fingerprint density at radius 2 is 2.36 bits per heavy atom. The van der Waals surface area contributed by atoms with Gasteiger partial charge in [-0.3, -0.25) is 0 Å². The monoisotopic (exact) mass is 206 g/mol. The molecule has 0 aliphatic rings. The summed E-state index contributed by atoms with van der Waals surface area (Å²) in [5.41, 5.74) is 0.937. The number of fused-ring (bicyclic) bond motifs is 1. The van der Waals surface area contributed by atoms with Crippen molar-refractivity contribution >= 4 is 21.6 Å². The van der Waals surface area contributed by atoms with Crippen LogP contribution < -0.4 is 0 Å². The SMILES string of the molecule is CCc1nc2c(C#N)cc(F)cc2s1. The number of hydrogen-bond donors (Lipinski definition) is 0. The molecule has 0 saturated carbocycles. The van der Waals surface area contributed by atoms with Crippen molar-refractivity contribution < 1.29 is 4.39 Å². The molecule has 0 N–H and O–H groups in total. The molecule has 1 heterocycles. The van der Waals surface area contributed by atoms with Crippen molar-refractivity contribution in [2.45, 2.75) is 13.3 Å². The third-order valence-corrected chi connectivity index (χ3v) is 3.07. The lowest BCUT2D eigenvalue weighted by atomic mass is 10.2. The van der Waals surface area contributed by atoms with E-state index >= 15 is 0 Å². The molecule has 0 amide bonds. The number of benzene rings is 1. The molecule has 1 aromatic carbocycles. The second-order valence-corrected chi connectivity index (χ2v) is 3.99. The van der Waals surface area contributed by atoms with E-state index in [1.165, 1.54) is 23.5 Å². The van der Waals surface area contributed by atoms with Crippen molar-refractivity contribution in [2.75, 3.05) is 0 Å². The standard InChI is InChI=1S/C10H7FN2S/c1-2-9-13-10-6(5-12)3-7(11)4-8(10)14-9/h3-4H,2H2,1H3. The van der Waals surface area contributed by atoms with Gasteiger partial charge in [0.25, 0.3) is 0 Å². The molecule has 0 aliphatic carbocycles. The number of hydrogen-bond acceptors (Lipinski definition) is 3. The predicted molar refractivity (Wildman–Crippen MR) is 53.7 cm³/mol. The quantitative estimate of drug-likeness (QED) is 0.719.